The summed E-state index contributed by atoms with van der Waals surface area (Å²) >= 11 is 0. The number of nitrogens with two attached hydrogens (primary N) is 2. The number of piperazine rings is 1. The average Bonchev–Trinajstić information content (AvgIpc) is 3.30. The van der Waals surface area contributed by atoms with E-state index in [-0.39, 0.29) is 17.8 Å². The molecule has 1 atom stereocenters. The fourth-order valence-corrected chi connectivity index (χ4v) is 5.87. The minimum atomic E-state index is -0.945. The zero-order valence-corrected chi connectivity index (χ0v) is 22.9. The van der Waals surface area contributed by atoms with Gasteiger partial charge < -0.3 is 26.6 Å². The third-order valence-corrected chi connectivity index (χ3v) is 8.09. The maximum atomic E-state index is 12.9. The molecule has 39 heavy (non-hydrogen) atoms. The molecule has 1 aromatic carbocycles. The Labute approximate surface area is 228 Å². The lowest BCUT2D eigenvalue weighted by Crippen LogP contribution is -2.58. The van der Waals surface area contributed by atoms with E-state index in [0.717, 1.165) is 44.2 Å². The maximum absolute atomic E-state index is 12.9. The number of fused-ring (bicyclic) bond motifs is 1. The first kappa shape index (κ1) is 27.3. The van der Waals surface area contributed by atoms with Gasteiger partial charge in [-0.25, -0.2) is 9.59 Å². The lowest BCUT2D eigenvalue weighted by molar-refractivity contribution is -0.137. The molecule has 210 valence electrons. The number of benzene rings is 1. The highest BCUT2D eigenvalue weighted by Crippen LogP contribution is 2.27. The fraction of sp³-hybridized carbons (Fsp3) is 0.571. The van der Waals surface area contributed by atoms with Gasteiger partial charge in [0.05, 0.1) is 11.2 Å². The van der Waals surface area contributed by atoms with Crippen molar-refractivity contribution < 1.29 is 9.59 Å². The van der Waals surface area contributed by atoms with E-state index in [4.69, 9.17) is 11.5 Å². The number of carbonyl (C=O) groups is 2. The molecular formula is C28H40N8O3. The predicted molar refractivity (Wildman–Crippen MR) is 150 cm³/mol. The van der Waals surface area contributed by atoms with Gasteiger partial charge in [0.25, 0.3) is 0 Å². The molecule has 1 saturated heterocycles. The summed E-state index contributed by atoms with van der Waals surface area (Å²) in [6.07, 6.45) is 7.99. The molecule has 0 radical (unpaired) electrons. The Kier molecular flexibility index (Phi) is 7.75. The minimum absolute atomic E-state index is 0.138. The molecule has 3 aliphatic rings. The first-order valence-corrected chi connectivity index (χ1v) is 13.9. The molecule has 2 aromatic rings. The van der Waals surface area contributed by atoms with Crippen LogP contribution in [0.4, 0.5) is 10.6 Å². The normalized spacial score (nSPS) is 23.4. The Morgan fingerprint density at radius 3 is 2.28 bits per heavy atom. The van der Waals surface area contributed by atoms with Gasteiger partial charge in [0, 0.05) is 50.5 Å². The van der Waals surface area contributed by atoms with E-state index < -0.39 is 11.2 Å². The van der Waals surface area contributed by atoms with E-state index in [2.05, 4.69) is 27.8 Å². The monoisotopic (exact) mass is 536 g/mol. The van der Waals surface area contributed by atoms with Gasteiger partial charge in [-0.3, -0.25) is 14.7 Å². The van der Waals surface area contributed by atoms with Crippen LogP contribution in [-0.4, -0.2) is 81.1 Å². The molecule has 1 aliphatic heterocycles. The number of nitrogens with zero attached hydrogens (tertiary/aromatic N) is 4. The van der Waals surface area contributed by atoms with E-state index in [9.17, 15) is 14.4 Å². The van der Waals surface area contributed by atoms with Crippen LogP contribution in [0.2, 0.25) is 0 Å². The predicted octanol–water partition coefficient (Wildman–Crippen LogP) is 0.973. The number of urea groups is 1. The van der Waals surface area contributed by atoms with Gasteiger partial charge in [0.15, 0.2) is 0 Å². The van der Waals surface area contributed by atoms with Crippen molar-refractivity contribution in [1.29, 1.82) is 0 Å². The second-order valence-corrected chi connectivity index (χ2v) is 11.7. The molecule has 2 fully saturated rings. The van der Waals surface area contributed by atoms with Gasteiger partial charge in [0.2, 0.25) is 5.91 Å². The van der Waals surface area contributed by atoms with Crippen molar-refractivity contribution in [3.05, 3.63) is 52.1 Å². The van der Waals surface area contributed by atoms with Crippen molar-refractivity contribution in [3.8, 4) is 5.69 Å². The third-order valence-electron chi connectivity index (χ3n) is 8.09. The Bertz CT molecular complexity index is 1270. The summed E-state index contributed by atoms with van der Waals surface area (Å²) < 4.78 is 1.50. The quantitative estimate of drug-likeness (QED) is 0.444. The first-order chi connectivity index (χ1) is 18.6. The number of aromatic nitrogens is 2. The largest absolute Gasteiger partial charge is 0.354 e. The Morgan fingerprint density at radius 2 is 1.62 bits per heavy atom. The molecule has 6 N–H and O–H groups in total. The number of hydrogen-bond donors (Lipinski definition) is 4. The minimum Gasteiger partial charge on any atom is -0.338 e. The van der Waals surface area contributed by atoms with Crippen LogP contribution >= 0.6 is 0 Å². The Balaban J connectivity index is 1.17. The summed E-state index contributed by atoms with van der Waals surface area (Å²) in [4.78, 5) is 45.4. The van der Waals surface area contributed by atoms with Crippen LogP contribution in [0.1, 0.15) is 50.7 Å². The van der Waals surface area contributed by atoms with Gasteiger partial charge >= 0.3 is 11.7 Å². The zero-order chi connectivity index (χ0) is 27.7. The summed E-state index contributed by atoms with van der Waals surface area (Å²) in [6, 6.07) is 8.67. The number of carbonyl (C=O) groups excluding carboxylic acids is 2. The number of anilines is 1. The van der Waals surface area contributed by atoms with Gasteiger partial charge in [-0.05, 0) is 81.7 Å². The SMILES string of the molecule is CC(C)(N)C(=O)N1CCN(C(=O)Nc2ccn(-c3ccc4c(c3)CC(N[C@H]3CC[C@H](N)CC3)C4)c(=O)n2)CC1. The number of nitrogens with one attached hydrogen (secondary N) is 2. The molecule has 1 unspecified atom stereocenters. The third kappa shape index (κ3) is 6.32. The number of hydrogen-bond acceptors (Lipinski definition) is 7. The highest BCUT2D eigenvalue weighted by Gasteiger charge is 2.31. The maximum Gasteiger partial charge on any atom is 0.354 e. The molecule has 2 aliphatic carbocycles. The molecule has 11 heteroatoms. The number of amides is 3. The van der Waals surface area contributed by atoms with Crippen molar-refractivity contribution in [2.24, 2.45) is 11.5 Å². The van der Waals surface area contributed by atoms with Crippen LogP contribution in [0, 0.1) is 0 Å². The van der Waals surface area contributed by atoms with E-state index in [1.807, 2.05) is 6.07 Å². The average molecular weight is 537 g/mol. The highest BCUT2D eigenvalue weighted by atomic mass is 16.2. The van der Waals surface area contributed by atoms with Crippen LogP contribution in [0.5, 0.6) is 0 Å². The smallest absolute Gasteiger partial charge is 0.338 e. The molecular weight excluding hydrogens is 496 g/mol. The second-order valence-electron chi connectivity index (χ2n) is 11.7. The molecule has 3 amide bonds. The van der Waals surface area contributed by atoms with Crippen molar-refractivity contribution in [2.45, 2.75) is 76.0 Å². The summed E-state index contributed by atoms with van der Waals surface area (Å²) in [5.74, 6) is 0.0565. The Morgan fingerprint density at radius 1 is 0.949 bits per heavy atom. The van der Waals surface area contributed by atoms with Crippen LogP contribution in [0.15, 0.2) is 35.3 Å². The lowest BCUT2D eigenvalue weighted by atomic mass is 9.91. The molecule has 5 rings (SSSR count). The highest BCUT2D eigenvalue weighted by molar-refractivity contribution is 5.89. The van der Waals surface area contributed by atoms with Crippen LogP contribution < -0.4 is 27.8 Å². The molecule has 0 spiro atoms. The molecule has 11 nitrogen and oxygen atoms in total. The van der Waals surface area contributed by atoms with Crippen LogP contribution in [0.3, 0.4) is 0 Å². The standard InChI is InChI=1S/C28H40N8O3/c1-28(2,30)25(37)34-11-13-35(14-12-34)26(38)32-24-9-10-36(27(39)33-24)23-8-3-18-15-22(16-19(18)17-23)31-21-6-4-20(29)5-7-21/h3,8-10,17,20-22,31H,4-7,11-16,29-30H2,1-2H3,(H,32,33,38,39)/t20-,21-,22?. The molecule has 2 heterocycles. The summed E-state index contributed by atoms with van der Waals surface area (Å²) in [7, 11) is 0. The fourth-order valence-electron chi connectivity index (χ4n) is 5.87. The van der Waals surface area contributed by atoms with Crippen LogP contribution in [0.25, 0.3) is 5.69 Å². The Hall–Kier alpha value is -3.28. The van der Waals surface area contributed by atoms with Gasteiger partial charge in [-0.2, -0.15) is 4.98 Å². The van der Waals surface area contributed by atoms with E-state index in [1.54, 1.807) is 35.9 Å². The van der Waals surface area contributed by atoms with Gasteiger partial charge in [0.1, 0.15) is 5.82 Å². The summed E-state index contributed by atoms with van der Waals surface area (Å²) in [5.41, 5.74) is 13.9. The first-order valence-electron chi connectivity index (χ1n) is 13.9. The van der Waals surface area contributed by atoms with E-state index in [0.29, 0.717) is 44.3 Å². The van der Waals surface area contributed by atoms with E-state index >= 15 is 0 Å². The van der Waals surface area contributed by atoms with E-state index in [1.165, 1.54) is 15.7 Å². The number of rotatable bonds is 5. The molecule has 0 bridgehead atoms. The van der Waals surface area contributed by atoms with Crippen molar-refractivity contribution in [2.75, 3.05) is 31.5 Å². The van der Waals surface area contributed by atoms with Crippen molar-refractivity contribution in [3.63, 3.8) is 0 Å². The second kappa shape index (κ2) is 11.1. The lowest BCUT2D eigenvalue weighted by Gasteiger charge is -2.37. The van der Waals surface area contributed by atoms with Gasteiger partial charge in [-0.1, -0.05) is 6.07 Å². The van der Waals surface area contributed by atoms with Gasteiger partial charge in [-0.15, -0.1) is 0 Å². The molecule has 1 aromatic heterocycles. The molecule has 1 saturated carbocycles. The van der Waals surface area contributed by atoms with Crippen molar-refractivity contribution >= 4 is 17.8 Å². The van der Waals surface area contributed by atoms with Crippen molar-refractivity contribution in [1.82, 2.24) is 24.7 Å². The summed E-state index contributed by atoms with van der Waals surface area (Å²) in [6.45, 7) is 4.92. The van der Waals surface area contributed by atoms with Crippen LogP contribution in [-0.2, 0) is 17.6 Å². The summed E-state index contributed by atoms with van der Waals surface area (Å²) in [5, 5.41) is 6.53. The zero-order valence-electron chi connectivity index (χ0n) is 22.9. The topological polar surface area (TPSA) is 152 Å².